The molecule has 22 heteroatoms. The van der Waals surface area contributed by atoms with E-state index in [1.54, 1.807) is 159 Å². The largest absolute Gasteiger partial charge is 0.496 e. The summed E-state index contributed by atoms with van der Waals surface area (Å²) in [7, 11) is 3.05. The third-order valence-corrected chi connectivity index (χ3v) is 12.7. The maximum Gasteiger partial charge on any atom is 0.344 e. The van der Waals surface area contributed by atoms with E-state index in [2.05, 4.69) is 4.90 Å². The normalized spacial score (nSPS) is 12.3. The minimum Gasteiger partial charge on any atom is -0.496 e. The van der Waals surface area contributed by atoms with Crippen molar-refractivity contribution in [3.8, 4) is 45.3 Å². The number of benzene rings is 3. The van der Waals surface area contributed by atoms with Gasteiger partial charge in [-0.25, -0.2) is 9.59 Å². The first-order chi connectivity index (χ1) is 43.5. The van der Waals surface area contributed by atoms with E-state index >= 15 is 0 Å². The molecule has 94 heavy (non-hydrogen) atoms. The zero-order chi connectivity index (χ0) is 70.1. The number of nitrogens with two attached hydrogens (primary N) is 1. The van der Waals surface area contributed by atoms with Gasteiger partial charge in [0.05, 0.1) is 63.2 Å². The Morgan fingerprint density at radius 1 is 0.383 bits per heavy atom. The zero-order valence-electron chi connectivity index (χ0n) is 58.9. The highest BCUT2D eigenvalue weighted by Crippen LogP contribution is 2.37. The van der Waals surface area contributed by atoms with Crippen LogP contribution in [0.2, 0.25) is 0 Å². The Hall–Kier alpha value is -8.34. The molecule has 0 aliphatic rings. The number of nitrogens with zero attached hydrogens (tertiary/aromatic N) is 5. The van der Waals surface area contributed by atoms with Crippen molar-refractivity contribution in [1.29, 1.82) is 0 Å². The molecule has 22 nitrogen and oxygen atoms in total. The summed E-state index contributed by atoms with van der Waals surface area (Å²) in [6, 6.07) is 25.6. The number of hydrogen-bond donors (Lipinski definition) is 1. The Labute approximate surface area is 555 Å². The number of carbonyl (C=O) groups excluding carboxylic acids is 6. The van der Waals surface area contributed by atoms with E-state index in [0.717, 1.165) is 5.56 Å². The molecule has 5 rings (SSSR count). The first-order valence-electron chi connectivity index (χ1n) is 31.4. The second-order valence-electron chi connectivity index (χ2n) is 29.0. The van der Waals surface area contributed by atoms with Crippen LogP contribution in [0.4, 0.5) is 5.69 Å². The van der Waals surface area contributed by atoms with Crippen molar-refractivity contribution in [2.75, 3.05) is 65.9 Å². The van der Waals surface area contributed by atoms with Gasteiger partial charge in [0.2, 0.25) is 0 Å². The second kappa shape index (κ2) is 32.7. The minimum absolute atomic E-state index is 0.00706. The molecule has 0 amide bonds. The van der Waals surface area contributed by atoms with Crippen LogP contribution in [-0.4, -0.2) is 154 Å². The van der Waals surface area contributed by atoms with Gasteiger partial charge in [-0.05, 0) is 208 Å². The number of methoxy groups -OCH3 is 2. The number of esters is 6. The monoisotopic (exact) mass is 1300 g/mol. The average molecular weight is 1310 g/mol. The van der Waals surface area contributed by atoms with Crippen LogP contribution in [0, 0.1) is 0 Å². The summed E-state index contributed by atoms with van der Waals surface area (Å²) in [5, 5.41) is 0. The standard InChI is InChI=1S/C72H100N6O16/c1-67(2,3)89-61(79)41-77(42-62(80)90-68(4,5)6)39-53-33-48(57-27-25-55(35-59(57)85-19)87-45-65(83)93-71(13,14)15)31-51(74-53)37-76(30-29-47-21-23-50(73)24-22-47)38-52-32-49(58-28-26-56(36-60(58)86-20)88-46-66(84)94-72(16,17)18)34-54(75-52)40-78(43-63(81)91-69(7,8)9)44-64(82)92-70(10,11)12/h21-28,31-36H,29-30,37-46,73H2,1-20H3. The molecule has 0 radical (unpaired) electrons. The molecule has 0 aliphatic heterocycles. The molecule has 0 fully saturated rings. The van der Waals surface area contributed by atoms with Gasteiger partial charge in [-0.1, -0.05) is 12.1 Å². The van der Waals surface area contributed by atoms with Gasteiger partial charge in [-0.3, -0.25) is 43.8 Å². The number of hydrogen-bond acceptors (Lipinski definition) is 22. The van der Waals surface area contributed by atoms with E-state index in [4.69, 9.17) is 63.1 Å². The lowest BCUT2D eigenvalue weighted by Crippen LogP contribution is -2.39. The van der Waals surface area contributed by atoms with Crippen molar-refractivity contribution in [2.45, 2.75) is 191 Å². The Morgan fingerprint density at radius 2 is 0.670 bits per heavy atom. The molecule has 0 atom stereocenters. The molecule has 2 N–H and O–H groups in total. The predicted molar refractivity (Wildman–Crippen MR) is 358 cm³/mol. The Balaban J connectivity index is 1.73. The highest BCUT2D eigenvalue weighted by molar-refractivity contribution is 5.78. The van der Waals surface area contributed by atoms with Gasteiger partial charge in [0.25, 0.3) is 0 Å². The van der Waals surface area contributed by atoms with E-state index in [1.165, 1.54) is 14.2 Å². The van der Waals surface area contributed by atoms with E-state index in [1.807, 2.05) is 60.7 Å². The summed E-state index contributed by atoms with van der Waals surface area (Å²) in [5.74, 6) is -1.81. The van der Waals surface area contributed by atoms with E-state index in [0.29, 0.717) is 86.7 Å². The van der Waals surface area contributed by atoms with Crippen molar-refractivity contribution >= 4 is 41.5 Å². The van der Waals surface area contributed by atoms with Gasteiger partial charge in [-0.2, -0.15) is 0 Å². The molecule has 0 unspecified atom stereocenters. The third-order valence-electron chi connectivity index (χ3n) is 12.7. The quantitative estimate of drug-likeness (QED) is 0.0265. The number of pyridine rings is 2. The van der Waals surface area contributed by atoms with Crippen LogP contribution in [0.3, 0.4) is 0 Å². The molecule has 0 bridgehead atoms. The maximum absolute atomic E-state index is 13.6. The molecular weight excluding hydrogens is 1200 g/mol. The molecule has 0 spiro atoms. The Kier molecular flexibility index (Phi) is 26.5. The van der Waals surface area contributed by atoms with Crippen LogP contribution in [0.15, 0.2) is 84.9 Å². The van der Waals surface area contributed by atoms with Gasteiger partial charge in [0.15, 0.2) is 13.2 Å². The lowest BCUT2D eigenvalue weighted by molar-refractivity contribution is -0.162. The molecule has 5 aromatic rings. The fourth-order valence-corrected chi connectivity index (χ4v) is 9.62. The van der Waals surface area contributed by atoms with Crippen LogP contribution in [0.25, 0.3) is 22.3 Å². The van der Waals surface area contributed by atoms with Gasteiger partial charge >= 0.3 is 35.8 Å². The van der Waals surface area contributed by atoms with E-state index in [-0.39, 0.29) is 65.6 Å². The molecule has 2 heterocycles. The number of rotatable bonds is 29. The van der Waals surface area contributed by atoms with Crippen LogP contribution in [-0.2, 0) is 89.8 Å². The predicted octanol–water partition coefficient (Wildman–Crippen LogP) is 11.1. The number of aromatic nitrogens is 2. The van der Waals surface area contributed by atoms with Crippen molar-refractivity contribution in [3.05, 3.63) is 113 Å². The second-order valence-corrected chi connectivity index (χ2v) is 29.0. The van der Waals surface area contributed by atoms with Gasteiger partial charge in [-0.15, -0.1) is 0 Å². The molecule has 0 aliphatic carbocycles. The highest BCUT2D eigenvalue weighted by atomic mass is 16.6. The van der Waals surface area contributed by atoms with Gasteiger partial charge in [0, 0.05) is 61.7 Å². The first-order valence-corrected chi connectivity index (χ1v) is 31.4. The number of ether oxygens (including phenoxy) is 10. The summed E-state index contributed by atoms with van der Waals surface area (Å²) in [6.07, 6.45) is 0.551. The van der Waals surface area contributed by atoms with Crippen molar-refractivity contribution in [3.63, 3.8) is 0 Å². The van der Waals surface area contributed by atoms with Crippen LogP contribution in [0.1, 0.15) is 153 Å². The number of carbonyl (C=O) groups is 6. The fraction of sp³-hybridized carbons (Fsp3) is 0.528. The summed E-state index contributed by atoms with van der Waals surface area (Å²) in [4.78, 5) is 96.0. The third kappa shape index (κ3) is 28.9. The van der Waals surface area contributed by atoms with Crippen molar-refractivity contribution < 1.29 is 76.1 Å². The minimum atomic E-state index is -0.819. The Bertz CT molecular complexity index is 3140. The lowest BCUT2D eigenvalue weighted by atomic mass is 10.0. The smallest absolute Gasteiger partial charge is 0.344 e. The van der Waals surface area contributed by atoms with Crippen molar-refractivity contribution in [2.24, 2.45) is 0 Å². The summed E-state index contributed by atoms with van der Waals surface area (Å²) < 4.78 is 57.8. The summed E-state index contributed by atoms with van der Waals surface area (Å²) in [5.41, 5.74) is 7.76. The van der Waals surface area contributed by atoms with Crippen molar-refractivity contribution in [1.82, 2.24) is 24.7 Å². The van der Waals surface area contributed by atoms with Gasteiger partial charge in [0.1, 0.15) is 56.6 Å². The topological polar surface area (TPSA) is 256 Å². The molecular formula is C72H100N6O16. The average Bonchev–Trinajstić information content (AvgIpc) is 0.818. The lowest BCUT2D eigenvalue weighted by Gasteiger charge is -2.27. The zero-order valence-corrected chi connectivity index (χ0v) is 58.9. The molecule has 3 aromatic carbocycles. The van der Waals surface area contributed by atoms with Crippen LogP contribution < -0.4 is 24.7 Å². The molecule has 514 valence electrons. The first kappa shape index (κ1) is 76.4. The molecule has 0 saturated carbocycles. The van der Waals surface area contributed by atoms with E-state index in [9.17, 15) is 28.8 Å². The number of anilines is 1. The number of nitrogen functional groups attached to an aromatic ring is 1. The summed E-state index contributed by atoms with van der Waals surface area (Å²) >= 11 is 0. The van der Waals surface area contributed by atoms with Gasteiger partial charge < -0.3 is 53.1 Å². The summed E-state index contributed by atoms with van der Waals surface area (Å²) in [6.45, 7) is 30.9. The highest BCUT2D eigenvalue weighted by Gasteiger charge is 2.29. The van der Waals surface area contributed by atoms with Crippen LogP contribution >= 0.6 is 0 Å². The van der Waals surface area contributed by atoms with E-state index < -0.39 is 69.4 Å². The Morgan fingerprint density at radius 3 is 0.957 bits per heavy atom. The molecule has 0 saturated heterocycles. The fourth-order valence-electron chi connectivity index (χ4n) is 9.62. The maximum atomic E-state index is 13.6. The SMILES string of the molecule is COc1cc(OCC(=O)OC(C)(C)C)ccc1-c1cc(CN(CC(=O)OC(C)(C)C)CC(=O)OC(C)(C)C)nc(CN(CCc2ccc(N)cc2)Cc2cc(-c3ccc(OCC(=O)OC(C)(C)C)cc3OC)cc(CN(CC(=O)OC(C)(C)C)CC(=O)OC(C)(C)C)n2)c1. The van der Waals surface area contributed by atoms with Crippen LogP contribution in [0.5, 0.6) is 23.0 Å². The molecule has 2 aromatic heterocycles.